The first-order chi connectivity index (χ1) is 11.4. The second-order valence-electron chi connectivity index (χ2n) is 6.60. The quantitative estimate of drug-likeness (QED) is 0.292. The molecule has 0 spiro atoms. The van der Waals surface area contributed by atoms with E-state index in [1.165, 1.54) is 54.2 Å². The van der Waals surface area contributed by atoms with Gasteiger partial charge in [0.05, 0.1) is 0 Å². The number of benzene rings is 5. The van der Waals surface area contributed by atoms with Crippen LogP contribution in [0.1, 0.15) is 11.1 Å². The summed E-state index contributed by atoms with van der Waals surface area (Å²) in [6.45, 7) is 0. The molecule has 0 radical (unpaired) electrons. The van der Waals surface area contributed by atoms with Crippen molar-refractivity contribution in [2.24, 2.45) is 0 Å². The lowest BCUT2D eigenvalue weighted by Crippen LogP contribution is -1.99. The van der Waals surface area contributed by atoms with Gasteiger partial charge >= 0.3 is 0 Å². The van der Waals surface area contributed by atoms with Gasteiger partial charge in [-0.1, -0.05) is 72.8 Å². The maximum atomic E-state index is 2.39. The molecule has 5 aromatic carbocycles. The van der Waals surface area contributed by atoms with E-state index in [-0.39, 0.29) is 0 Å². The summed E-state index contributed by atoms with van der Waals surface area (Å²) < 4.78 is 0. The summed E-state index contributed by atoms with van der Waals surface area (Å²) in [5.41, 5.74) is 2.93. The average molecular weight is 290 g/mol. The second kappa shape index (κ2) is 3.91. The first kappa shape index (κ1) is 11.7. The Bertz CT molecular complexity index is 1280. The van der Waals surface area contributed by atoms with E-state index in [4.69, 9.17) is 0 Å². The van der Waals surface area contributed by atoms with Crippen LogP contribution in [0.5, 0.6) is 0 Å². The van der Waals surface area contributed by atoms with Crippen LogP contribution in [0.2, 0.25) is 0 Å². The van der Waals surface area contributed by atoms with Gasteiger partial charge in [0.1, 0.15) is 0 Å². The summed E-state index contributed by atoms with van der Waals surface area (Å²) in [7, 11) is 0. The molecule has 0 heterocycles. The molecule has 0 aliphatic heterocycles. The molecule has 106 valence electrons. The van der Waals surface area contributed by atoms with Crippen LogP contribution in [0.4, 0.5) is 0 Å². The molecule has 0 nitrogen and oxygen atoms in total. The van der Waals surface area contributed by atoms with Crippen molar-refractivity contribution in [3.63, 3.8) is 0 Å². The molecule has 0 saturated carbocycles. The second-order valence-corrected chi connectivity index (χ2v) is 6.60. The van der Waals surface area contributed by atoms with Crippen LogP contribution in [-0.4, -0.2) is 0 Å². The van der Waals surface area contributed by atoms with Gasteiger partial charge in [0.2, 0.25) is 0 Å². The molecular formula is C23H14. The summed E-state index contributed by atoms with van der Waals surface area (Å²) in [6.07, 6.45) is 1.04. The van der Waals surface area contributed by atoms with Crippen molar-refractivity contribution < 1.29 is 0 Å². The van der Waals surface area contributed by atoms with Gasteiger partial charge in [-0.05, 0) is 60.6 Å². The van der Waals surface area contributed by atoms with E-state index in [0.29, 0.717) is 0 Å². The Morgan fingerprint density at radius 1 is 0.478 bits per heavy atom. The van der Waals surface area contributed by atoms with Crippen LogP contribution >= 0.6 is 0 Å². The molecule has 5 aromatic rings. The summed E-state index contributed by atoms with van der Waals surface area (Å²) in [5.74, 6) is 0. The van der Waals surface area contributed by atoms with Gasteiger partial charge < -0.3 is 0 Å². The number of fused-ring (bicyclic) bond motifs is 2. The third kappa shape index (κ3) is 1.37. The van der Waals surface area contributed by atoms with E-state index in [0.717, 1.165) is 6.42 Å². The molecule has 1 aliphatic rings. The van der Waals surface area contributed by atoms with Crippen molar-refractivity contribution in [1.82, 2.24) is 0 Å². The highest BCUT2D eigenvalue weighted by Crippen LogP contribution is 2.42. The Labute approximate surface area is 134 Å². The highest BCUT2D eigenvalue weighted by Gasteiger charge is 2.18. The Kier molecular flexibility index (Phi) is 1.98. The number of hydrogen-bond donors (Lipinski definition) is 0. The van der Waals surface area contributed by atoms with Crippen molar-refractivity contribution in [2.75, 3.05) is 0 Å². The van der Waals surface area contributed by atoms with Crippen LogP contribution in [0.3, 0.4) is 0 Å². The largest absolute Gasteiger partial charge is 0.0616 e. The molecular weight excluding hydrogens is 276 g/mol. The topological polar surface area (TPSA) is 0 Å². The number of rotatable bonds is 0. The molecule has 0 fully saturated rings. The lowest BCUT2D eigenvalue weighted by atomic mass is 9.83. The minimum absolute atomic E-state index is 1.04. The van der Waals surface area contributed by atoms with Crippen molar-refractivity contribution in [2.45, 2.75) is 6.42 Å². The monoisotopic (exact) mass is 290 g/mol. The van der Waals surface area contributed by atoms with Gasteiger partial charge in [0.15, 0.2) is 0 Å². The van der Waals surface area contributed by atoms with E-state index in [1.54, 1.807) is 0 Å². The highest BCUT2D eigenvalue weighted by molar-refractivity contribution is 6.27. The molecule has 0 heteroatoms. The molecule has 0 saturated heterocycles. The van der Waals surface area contributed by atoms with Crippen LogP contribution in [0.15, 0.2) is 72.8 Å². The zero-order valence-corrected chi connectivity index (χ0v) is 12.6. The fourth-order valence-electron chi connectivity index (χ4n) is 4.45. The summed E-state index contributed by atoms with van der Waals surface area (Å²) >= 11 is 0. The SMILES string of the molecule is c1ccc2c(c1)cc1c3c2ccc2ccc4cccc(c4c23)C1. The standard InChI is InChI=1S/C23H14/c1-2-7-19-16(4-1)12-18-13-17-6-3-5-14-8-9-15-10-11-20(19)22(18)23(15)21(14)17/h1-12H,13H2. The minimum atomic E-state index is 1.04. The average Bonchev–Trinajstić information content (AvgIpc) is 2.61. The van der Waals surface area contributed by atoms with Gasteiger partial charge in [0.25, 0.3) is 0 Å². The maximum absolute atomic E-state index is 2.39. The van der Waals surface area contributed by atoms with Gasteiger partial charge in [0, 0.05) is 0 Å². The Morgan fingerprint density at radius 2 is 1.26 bits per heavy atom. The lowest BCUT2D eigenvalue weighted by molar-refractivity contribution is 1.24. The first-order valence-electron chi connectivity index (χ1n) is 8.18. The van der Waals surface area contributed by atoms with E-state index >= 15 is 0 Å². The van der Waals surface area contributed by atoms with E-state index in [1.807, 2.05) is 0 Å². The zero-order chi connectivity index (χ0) is 15.0. The van der Waals surface area contributed by atoms with Crippen LogP contribution < -0.4 is 0 Å². The molecule has 0 atom stereocenters. The smallest absolute Gasteiger partial charge is 0.00128 e. The van der Waals surface area contributed by atoms with Crippen LogP contribution in [0.25, 0.3) is 43.1 Å². The van der Waals surface area contributed by atoms with E-state index < -0.39 is 0 Å². The van der Waals surface area contributed by atoms with Gasteiger partial charge in [-0.15, -0.1) is 0 Å². The minimum Gasteiger partial charge on any atom is -0.0616 e. The fourth-order valence-corrected chi connectivity index (χ4v) is 4.45. The highest BCUT2D eigenvalue weighted by atomic mass is 14.2. The summed E-state index contributed by atoms with van der Waals surface area (Å²) in [6, 6.07) is 27.0. The molecule has 0 unspecified atom stereocenters. The van der Waals surface area contributed by atoms with Crippen LogP contribution in [0, 0.1) is 0 Å². The predicted octanol–water partition coefficient (Wildman–Crippen LogP) is 6.20. The summed E-state index contributed by atoms with van der Waals surface area (Å²) in [5, 5.41) is 11.2. The first-order valence-corrected chi connectivity index (χ1v) is 8.18. The predicted molar refractivity (Wildman–Crippen MR) is 99.3 cm³/mol. The van der Waals surface area contributed by atoms with Crippen LogP contribution in [-0.2, 0) is 6.42 Å². The van der Waals surface area contributed by atoms with Gasteiger partial charge in [-0.2, -0.15) is 0 Å². The van der Waals surface area contributed by atoms with Crippen molar-refractivity contribution in [1.29, 1.82) is 0 Å². The molecule has 6 rings (SSSR count). The summed E-state index contributed by atoms with van der Waals surface area (Å²) in [4.78, 5) is 0. The zero-order valence-electron chi connectivity index (χ0n) is 12.6. The third-order valence-electron chi connectivity index (χ3n) is 5.40. The van der Waals surface area contributed by atoms with Crippen molar-refractivity contribution in [3.05, 3.63) is 83.9 Å². The Balaban J connectivity index is 2.03. The van der Waals surface area contributed by atoms with Crippen molar-refractivity contribution >= 4 is 43.1 Å². The normalized spacial score (nSPS) is 13.0. The molecule has 23 heavy (non-hydrogen) atoms. The van der Waals surface area contributed by atoms with Crippen molar-refractivity contribution in [3.8, 4) is 0 Å². The van der Waals surface area contributed by atoms with Gasteiger partial charge in [-0.3, -0.25) is 0 Å². The molecule has 0 bridgehead atoms. The Morgan fingerprint density at radius 3 is 2.22 bits per heavy atom. The van der Waals surface area contributed by atoms with E-state index in [2.05, 4.69) is 72.8 Å². The lowest BCUT2D eigenvalue weighted by Gasteiger charge is -2.21. The Hall–Kier alpha value is -2.86. The fraction of sp³-hybridized carbons (Fsp3) is 0.0435. The van der Waals surface area contributed by atoms with Gasteiger partial charge in [-0.25, -0.2) is 0 Å². The maximum Gasteiger partial charge on any atom is -0.00128 e. The molecule has 1 aliphatic carbocycles. The molecule has 0 N–H and O–H groups in total. The molecule has 0 amide bonds. The third-order valence-corrected chi connectivity index (χ3v) is 5.40. The van der Waals surface area contributed by atoms with E-state index in [9.17, 15) is 0 Å². The number of hydrogen-bond acceptors (Lipinski definition) is 0. The molecule has 0 aromatic heterocycles.